The van der Waals surface area contributed by atoms with Crippen LogP contribution < -0.4 is 0 Å². The molecule has 2 aliphatic rings. The Morgan fingerprint density at radius 3 is 2.41 bits per heavy atom. The maximum atomic E-state index is 11.9. The van der Waals surface area contributed by atoms with E-state index in [4.69, 9.17) is 5.11 Å². The Hall–Kier alpha value is -1.41. The molecule has 0 amide bonds. The monoisotopic (exact) mass is 259 g/mol. The van der Waals surface area contributed by atoms with Crippen molar-refractivity contribution in [3.05, 3.63) is 11.1 Å². The Morgan fingerprint density at radius 1 is 1.35 bits per heavy atom. The number of carboxylic acid groups (broad SMARTS) is 1. The van der Waals surface area contributed by atoms with E-state index in [2.05, 4.69) is 9.89 Å². The summed E-state index contributed by atoms with van der Waals surface area (Å²) in [5, 5.41) is 8.62. The minimum Gasteiger partial charge on any atom is -0.477 e. The van der Waals surface area contributed by atoms with Crippen molar-refractivity contribution in [2.75, 3.05) is 33.2 Å². The Kier molecular flexibility index (Phi) is 2.92. The first-order valence-electron chi connectivity index (χ1n) is 5.13. The third-order valence-corrected chi connectivity index (χ3v) is 4.51. The van der Waals surface area contributed by atoms with Crippen LogP contribution in [0.15, 0.2) is 16.1 Å². The van der Waals surface area contributed by atoms with Gasteiger partial charge in [0.2, 0.25) is 15.0 Å². The minimum absolute atomic E-state index is 0.136. The smallest absolute Gasteiger partial charge is 0.349 e. The van der Waals surface area contributed by atoms with Gasteiger partial charge in [-0.25, -0.2) is 18.2 Å². The summed E-state index contributed by atoms with van der Waals surface area (Å²) in [6.45, 7) is 2.54. The fraction of sp³-hybridized carbons (Fsp3) is 0.556. The molecule has 8 heteroatoms. The first-order chi connectivity index (χ1) is 7.93. The van der Waals surface area contributed by atoms with Gasteiger partial charge in [-0.2, -0.15) is 0 Å². The molecule has 0 aromatic carbocycles. The van der Waals surface area contributed by atoms with Gasteiger partial charge in [0.1, 0.15) is 0 Å². The molecule has 0 aromatic rings. The second-order valence-electron chi connectivity index (χ2n) is 4.00. The number of likely N-dealkylation sites (N-methyl/N-ethyl adjacent to an activating group) is 1. The summed E-state index contributed by atoms with van der Waals surface area (Å²) in [6.07, 6.45) is 0.908. The van der Waals surface area contributed by atoms with Crippen LogP contribution in [0.2, 0.25) is 0 Å². The maximum absolute atomic E-state index is 11.9. The number of aliphatic imine (C=N–C) groups is 1. The molecule has 0 saturated carbocycles. The number of amidine groups is 1. The normalized spacial score (nSPS) is 24.4. The Labute approximate surface area is 99.0 Å². The Balaban J connectivity index is 2.19. The second kappa shape index (κ2) is 4.11. The van der Waals surface area contributed by atoms with E-state index in [9.17, 15) is 13.2 Å². The highest BCUT2D eigenvalue weighted by Crippen LogP contribution is 2.20. The van der Waals surface area contributed by atoms with E-state index in [1.165, 1.54) is 0 Å². The molecule has 1 N–H and O–H groups in total. The molecular weight excluding hydrogens is 246 g/mol. The number of nitrogens with zero attached hydrogens (tertiary/aromatic N) is 3. The zero-order valence-electron chi connectivity index (χ0n) is 9.33. The van der Waals surface area contributed by atoms with Crippen molar-refractivity contribution < 1.29 is 18.3 Å². The summed E-state index contributed by atoms with van der Waals surface area (Å²) >= 11 is 0. The minimum atomic E-state index is -3.93. The predicted molar refractivity (Wildman–Crippen MR) is 61.1 cm³/mol. The molecule has 0 radical (unpaired) electrons. The number of sulfone groups is 1. The van der Waals surface area contributed by atoms with E-state index in [1.807, 2.05) is 7.05 Å². The average Bonchev–Trinajstić information content (AvgIpc) is 2.55. The van der Waals surface area contributed by atoms with Gasteiger partial charge in [-0.1, -0.05) is 0 Å². The lowest BCUT2D eigenvalue weighted by Gasteiger charge is -2.33. The molecule has 7 nitrogen and oxygen atoms in total. The van der Waals surface area contributed by atoms with Crippen molar-refractivity contribution in [1.29, 1.82) is 0 Å². The number of rotatable bonds is 1. The molecule has 94 valence electrons. The topological polar surface area (TPSA) is 90.3 Å². The van der Waals surface area contributed by atoms with Crippen LogP contribution in [0.4, 0.5) is 0 Å². The zero-order chi connectivity index (χ0) is 12.6. The van der Waals surface area contributed by atoms with Gasteiger partial charge in [0.25, 0.3) is 0 Å². The maximum Gasteiger partial charge on any atom is 0.349 e. The molecule has 0 aromatic heterocycles. The quantitative estimate of drug-likeness (QED) is 0.646. The van der Waals surface area contributed by atoms with E-state index >= 15 is 0 Å². The summed E-state index contributed by atoms with van der Waals surface area (Å²) in [6, 6.07) is 0. The first kappa shape index (κ1) is 12.1. The highest BCUT2D eigenvalue weighted by atomic mass is 32.2. The van der Waals surface area contributed by atoms with Gasteiger partial charge >= 0.3 is 5.97 Å². The number of carboxylic acids is 1. The molecule has 1 saturated heterocycles. The third kappa shape index (κ3) is 2.05. The second-order valence-corrected chi connectivity index (χ2v) is 5.82. The third-order valence-electron chi connectivity index (χ3n) is 2.81. The Bertz CT molecular complexity index is 500. The van der Waals surface area contributed by atoms with Gasteiger partial charge in [0.05, 0.1) is 6.20 Å². The summed E-state index contributed by atoms with van der Waals surface area (Å²) in [5.41, 5.74) is 0. The molecule has 2 rings (SSSR count). The first-order valence-corrected chi connectivity index (χ1v) is 6.61. The summed E-state index contributed by atoms with van der Waals surface area (Å²) in [7, 11) is -1.98. The lowest BCUT2D eigenvalue weighted by atomic mass is 10.3. The van der Waals surface area contributed by atoms with Crippen molar-refractivity contribution in [3.63, 3.8) is 0 Å². The van der Waals surface area contributed by atoms with Gasteiger partial charge in [-0.15, -0.1) is 0 Å². The molecule has 2 aliphatic heterocycles. The number of piperazine rings is 1. The SMILES string of the molecule is CN1CCN(C2=NC=C(C(=O)O)S2(=O)=O)CC1. The Morgan fingerprint density at radius 2 is 1.94 bits per heavy atom. The van der Waals surface area contributed by atoms with Gasteiger partial charge < -0.3 is 14.9 Å². The lowest BCUT2D eigenvalue weighted by Crippen LogP contribution is -2.49. The summed E-state index contributed by atoms with van der Waals surface area (Å²) in [4.78, 5) is 17.5. The number of aliphatic carboxylic acids is 1. The largest absolute Gasteiger partial charge is 0.477 e. The molecule has 0 atom stereocenters. The summed E-state index contributed by atoms with van der Waals surface area (Å²) in [5.74, 6) is -1.46. The van der Waals surface area contributed by atoms with E-state index in [0.29, 0.717) is 13.1 Å². The van der Waals surface area contributed by atoms with Gasteiger partial charge in [0, 0.05) is 26.2 Å². The number of carbonyl (C=O) groups is 1. The fourth-order valence-electron chi connectivity index (χ4n) is 1.77. The molecule has 0 bridgehead atoms. The molecule has 0 aliphatic carbocycles. The van der Waals surface area contributed by atoms with E-state index < -0.39 is 20.7 Å². The highest BCUT2D eigenvalue weighted by Gasteiger charge is 2.38. The average molecular weight is 259 g/mol. The van der Waals surface area contributed by atoms with E-state index in [-0.39, 0.29) is 5.17 Å². The van der Waals surface area contributed by atoms with Crippen LogP contribution in [0.1, 0.15) is 0 Å². The van der Waals surface area contributed by atoms with Crippen molar-refractivity contribution in [2.45, 2.75) is 0 Å². The van der Waals surface area contributed by atoms with Crippen LogP contribution in [0.3, 0.4) is 0 Å². The van der Waals surface area contributed by atoms with Crippen LogP contribution >= 0.6 is 0 Å². The lowest BCUT2D eigenvalue weighted by molar-refractivity contribution is -0.131. The van der Waals surface area contributed by atoms with Crippen molar-refractivity contribution in [3.8, 4) is 0 Å². The van der Waals surface area contributed by atoms with Crippen LogP contribution in [0.25, 0.3) is 0 Å². The van der Waals surface area contributed by atoms with Crippen molar-refractivity contribution in [2.24, 2.45) is 4.99 Å². The number of hydrogen-bond donors (Lipinski definition) is 1. The molecule has 0 unspecified atom stereocenters. The van der Waals surface area contributed by atoms with Crippen LogP contribution in [0.5, 0.6) is 0 Å². The van der Waals surface area contributed by atoms with Crippen LogP contribution in [-0.4, -0.2) is 67.7 Å². The predicted octanol–water partition coefficient (Wildman–Crippen LogP) is -1.06. The van der Waals surface area contributed by atoms with Crippen molar-refractivity contribution in [1.82, 2.24) is 9.80 Å². The highest BCUT2D eigenvalue weighted by molar-refractivity contribution is 8.10. The van der Waals surface area contributed by atoms with Gasteiger partial charge in [-0.05, 0) is 7.05 Å². The van der Waals surface area contributed by atoms with Gasteiger partial charge in [-0.3, -0.25) is 0 Å². The van der Waals surface area contributed by atoms with Crippen LogP contribution in [-0.2, 0) is 14.6 Å². The van der Waals surface area contributed by atoms with E-state index in [0.717, 1.165) is 19.3 Å². The van der Waals surface area contributed by atoms with E-state index in [1.54, 1.807) is 4.90 Å². The molecule has 1 fully saturated rings. The zero-order valence-corrected chi connectivity index (χ0v) is 10.1. The molecule has 2 heterocycles. The molecule has 17 heavy (non-hydrogen) atoms. The molecule has 0 spiro atoms. The fourth-order valence-corrected chi connectivity index (χ4v) is 3.10. The molecular formula is C9H13N3O4S. The standard InChI is InChI=1S/C9H13N3O4S/c1-11-2-4-12(5-3-11)9-10-6-7(8(13)14)17(9,15)16/h6H,2-5H2,1H3,(H,13,14). The van der Waals surface area contributed by atoms with Crippen molar-refractivity contribution >= 4 is 21.0 Å². The van der Waals surface area contributed by atoms with Crippen LogP contribution in [0, 0.1) is 0 Å². The number of hydrogen-bond acceptors (Lipinski definition) is 6. The summed E-state index contributed by atoms with van der Waals surface area (Å²) < 4.78 is 23.8. The van der Waals surface area contributed by atoms with Gasteiger partial charge in [0.15, 0.2) is 4.91 Å².